The normalized spacial score (nSPS) is 13.4. The molecular weight excluding hydrogens is 431 g/mol. The Balaban J connectivity index is 1.49. The summed E-state index contributed by atoms with van der Waals surface area (Å²) >= 11 is 0. The number of imidazole rings is 1. The van der Waals surface area contributed by atoms with Crippen LogP contribution >= 0.6 is 0 Å². The Kier molecular flexibility index (Phi) is 4.68. The highest BCUT2D eigenvalue weighted by molar-refractivity contribution is 5.97. The Labute approximate surface area is 194 Å². The summed E-state index contributed by atoms with van der Waals surface area (Å²) in [6, 6.07) is 3.92. The van der Waals surface area contributed by atoms with Gasteiger partial charge in [0.25, 0.3) is 0 Å². The summed E-state index contributed by atoms with van der Waals surface area (Å²) in [5.74, 6) is -0.0209. The minimum Gasteiger partial charge on any atom is -0.382 e. The molecule has 0 saturated carbocycles. The summed E-state index contributed by atoms with van der Waals surface area (Å²) in [6.45, 7) is 4.06. The van der Waals surface area contributed by atoms with Crippen molar-refractivity contribution in [3.8, 4) is 22.8 Å². The van der Waals surface area contributed by atoms with Crippen LogP contribution in [0.25, 0.3) is 50.3 Å². The maximum atomic E-state index is 15.9. The number of anilines is 1. The van der Waals surface area contributed by atoms with Gasteiger partial charge in [0.1, 0.15) is 16.9 Å². The summed E-state index contributed by atoms with van der Waals surface area (Å²) in [5, 5.41) is 10.8. The SMILES string of the molecule is CC(C)Nc1cncc(-c2ncc3[nH]nc(-c4nc5c(C6=CCC=C6)nccc5[nH]4)c3c2F)c1. The zero-order valence-corrected chi connectivity index (χ0v) is 18.6. The zero-order valence-electron chi connectivity index (χ0n) is 18.6. The Hall–Kier alpha value is -4.40. The van der Waals surface area contributed by atoms with Gasteiger partial charge in [-0.1, -0.05) is 18.2 Å². The van der Waals surface area contributed by atoms with Crippen LogP contribution in [-0.2, 0) is 0 Å². The third-order valence-corrected chi connectivity index (χ3v) is 5.68. The molecule has 0 spiro atoms. The first-order valence-corrected chi connectivity index (χ1v) is 11.0. The van der Waals surface area contributed by atoms with Crippen LogP contribution < -0.4 is 5.32 Å². The van der Waals surface area contributed by atoms with E-state index in [0.29, 0.717) is 28.0 Å². The number of H-pyrrole nitrogens is 2. The fourth-order valence-electron chi connectivity index (χ4n) is 4.22. The van der Waals surface area contributed by atoms with E-state index < -0.39 is 5.82 Å². The van der Waals surface area contributed by atoms with E-state index in [2.05, 4.69) is 47.6 Å². The van der Waals surface area contributed by atoms with Crippen LogP contribution in [0.1, 0.15) is 26.0 Å². The molecule has 168 valence electrons. The first-order valence-electron chi connectivity index (χ1n) is 11.0. The monoisotopic (exact) mass is 452 g/mol. The van der Waals surface area contributed by atoms with Crippen LogP contribution in [0.5, 0.6) is 0 Å². The molecule has 6 rings (SSSR count). The van der Waals surface area contributed by atoms with E-state index in [1.807, 2.05) is 32.1 Å². The molecular formula is C25H21FN8. The average molecular weight is 452 g/mol. The Morgan fingerprint density at radius 2 is 1.97 bits per heavy atom. The highest BCUT2D eigenvalue weighted by Crippen LogP contribution is 2.34. The fourth-order valence-corrected chi connectivity index (χ4v) is 4.22. The van der Waals surface area contributed by atoms with Gasteiger partial charge in [0, 0.05) is 30.2 Å². The number of nitrogens with zero attached hydrogens (tertiary/aromatic N) is 5. The molecule has 9 heteroatoms. The van der Waals surface area contributed by atoms with Crippen molar-refractivity contribution in [1.82, 2.24) is 35.1 Å². The highest BCUT2D eigenvalue weighted by atomic mass is 19.1. The molecule has 8 nitrogen and oxygen atoms in total. The number of allylic oxidation sites excluding steroid dienone is 4. The Morgan fingerprint density at radius 3 is 2.79 bits per heavy atom. The van der Waals surface area contributed by atoms with Crippen LogP contribution in [0.4, 0.5) is 10.1 Å². The number of fused-ring (bicyclic) bond motifs is 2. The summed E-state index contributed by atoms with van der Waals surface area (Å²) in [7, 11) is 0. The number of rotatable bonds is 5. The summed E-state index contributed by atoms with van der Waals surface area (Å²) in [5.41, 5.74) is 5.80. The molecule has 5 heterocycles. The maximum Gasteiger partial charge on any atom is 0.161 e. The van der Waals surface area contributed by atoms with Gasteiger partial charge in [-0.15, -0.1) is 0 Å². The van der Waals surface area contributed by atoms with Crippen molar-refractivity contribution in [3.63, 3.8) is 0 Å². The number of nitrogens with one attached hydrogen (secondary N) is 3. The van der Waals surface area contributed by atoms with E-state index in [1.54, 1.807) is 24.8 Å². The quantitative estimate of drug-likeness (QED) is 0.336. The third kappa shape index (κ3) is 3.33. The van der Waals surface area contributed by atoms with Crippen molar-refractivity contribution in [2.75, 3.05) is 5.32 Å². The molecule has 3 N–H and O–H groups in total. The molecule has 1 aliphatic carbocycles. The predicted octanol–water partition coefficient (Wildman–Crippen LogP) is 5.26. The first-order chi connectivity index (χ1) is 16.6. The van der Waals surface area contributed by atoms with Crippen LogP contribution in [-0.4, -0.2) is 41.2 Å². The second-order valence-electron chi connectivity index (χ2n) is 8.48. The van der Waals surface area contributed by atoms with Crippen molar-refractivity contribution in [2.24, 2.45) is 0 Å². The lowest BCUT2D eigenvalue weighted by Crippen LogP contribution is -2.09. The topological polar surface area (TPSA) is 108 Å². The van der Waals surface area contributed by atoms with Gasteiger partial charge in [0.05, 0.1) is 34.0 Å². The van der Waals surface area contributed by atoms with Crippen LogP contribution in [0.3, 0.4) is 0 Å². The van der Waals surface area contributed by atoms with Gasteiger partial charge in [-0.3, -0.25) is 20.1 Å². The van der Waals surface area contributed by atoms with Gasteiger partial charge in [0.15, 0.2) is 11.6 Å². The molecule has 0 aromatic carbocycles. The highest BCUT2D eigenvalue weighted by Gasteiger charge is 2.22. The first kappa shape index (κ1) is 20.2. The van der Waals surface area contributed by atoms with Crippen LogP contribution in [0.15, 0.2) is 55.1 Å². The minimum atomic E-state index is -0.481. The molecule has 0 bridgehead atoms. The van der Waals surface area contributed by atoms with Gasteiger partial charge >= 0.3 is 0 Å². The average Bonchev–Trinajstić information content (AvgIpc) is 3.57. The molecule has 0 atom stereocenters. The lowest BCUT2D eigenvalue weighted by atomic mass is 10.1. The Morgan fingerprint density at radius 1 is 1.06 bits per heavy atom. The predicted molar refractivity (Wildman–Crippen MR) is 130 cm³/mol. The molecule has 0 fully saturated rings. The van der Waals surface area contributed by atoms with Gasteiger partial charge in [-0.2, -0.15) is 5.10 Å². The molecule has 0 saturated heterocycles. The minimum absolute atomic E-state index is 0.203. The molecule has 0 unspecified atom stereocenters. The number of hydrogen-bond acceptors (Lipinski definition) is 6. The summed E-state index contributed by atoms with van der Waals surface area (Å²) in [6.07, 6.45) is 13.7. The van der Waals surface area contributed by atoms with E-state index in [0.717, 1.165) is 34.4 Å². The summed E-state index contributed by atoms with van der Waals surface area (Å²) in [4.78, 5) is 21.1. The van der Waals surface area contributed by atoms with E-state index in [-0.39, 0.29) is 11.7 Å². The van der Waals surface area contributed by atoms with Crippen molar-refractivity contribution >= 4 is 33.2 Å². The second kappa shape index (κ2) is 7.87. The zero-order chi connectivity index (χ0) is 23.2. The van der Waals surface area contributed by atoms with Gasteiger partial charge in [0.2, 0.25) is 0 Å². The third-order valence-electron chi connectivity index (χ3n) is 5.68. The van der Waals surface area contributed by atoms with Crippen molar-refractivity contribution in [2.45, 2.75) is 26.3 Å². The largest absolute Gasteiger partial charge is 0.382 e. The second-order valence-corrected chi connectivity index (χ2v) is 8.48. The molecule has 0 amide bonds. The number of halogens is 1. The van der Waals surface area contributed by atoms with Gasteiger partial charge in [-0.25, -0.2) is 9.37 Å². The number of pyridine rings is 3. The van der Waals surface area contributed by atoms with Crippen LogP contribution in [0, 0.1) is 5.82 Å². The Bertz CT molecular complexity index is 1610. The van der Waals surface area contributed by atoms with Crippen molar-refractivity contribution in [3.05, 3.63) is 66.7 Å². The number of aromatic amines is 2. The number of aromatic nitrogens is 7. The van der Waals surface area contributed by atoms with Crippen molar-refractivity contribution in [1.29, 1.82) is 0 Å². The van der Waals surface area contributed by atoms with E-state index in [9.17, 15) is 0 Å². The smallest absolute Gasteiger partial charge is 0.161 e. The van der Waals surface area contributed by atoms with Crippen LogP contribution in [0.2, 0.25) is 0 Å². The maximum absolute atomic E-state index is 15.9. The molecule has 0 radical (unpaired) electrons. The number of hydrogen-bond donors (Lipinski definition) is 3. The molecule has 0 aliphatic heterocycles. The standard InChI is InChI=1S/C25H21FN8/c1-13(2)30-16-9-15(10-27-11-16)21-20(26)19-18(12-29-21)33-34-24(19)25-31-17-7-8-28-22(23(17)32-25)14-5-3-4-6-14/h3,5-13,30H,4H2,1-2H3,(H,31,32)(H,33,34). The lowest BCUT2D eigenvalue weighted by molar-refractivity contribution is 0.638. The summed E-state index contributed by atoms with van der Waals surface area (Å²) < 4.78 is 15.9. The van der Waals surface area contributed by atoms with E-state index in [1.165, 1.54) is 0 Å². The molecule has 5 aromatic heterocycles. The lowest BCUT2D eigenvalue weighted by Gasteiger charge is -2.11. The molecule has 1 aliphatic rings. The van der Waals surface area contributed by atoms with E-state index >= 15 is 4.39 Å². The fraction of sp³-hybridized carbons (Fsp3) is 0.160. The van der Waals surface area contributed by atoms with Gasteiger partial charge in [-0.05, 0) is 38.0 Å². The van der Waals surface area contributed by atoms with Crippen molar-refractivity contribution < 1.29 is 4.39 Å². The van der Waals surface area contributed by atoms with E-state index in [4.69, 9.17) is 4.98 Å². The van der Waals surface area contributed by atoms with Gasteiger partial charge < -0.3 is 10.3 Å². The molecule has 5 aromatic rings. The molecule has 34 heavy (non-hydrogen) atoms.